The van der Waals surface area contributed by atoms with Gasteiger partial charge in [0.05, 0.1) is 16.2 Å². The molecule has 1 unspecified atom stereocenters. The van der Waals surface area contributed by atoms with Crippen LogP contribution in [-0.2, 0) is 4.79 Å². The predicted molar refractivity (Wildman–Crippen MR) is 60.1 cm³/mol. The molecular formula is C10H10N4O3. The molecule has 1 amide bonds. The smallest absolute Gasteiger partial charge is 0.270 e. The summed E-state index contributed by atoms with van der Waals surface area (Å²) in [5, 5.41) is 22.1. The molecule has 3 N–H and O–H groups in total. The van der Waals surface area contributed by atoms with Crippen LogP contribution in [0.15, 0.2) is 18.2 Å². The zero-order valence-corrected chi connectivity index (χ0v) is 9.01. The van der Waals surface area contributed by atoms with Crippen LogP contribution in [0.5, 0.6) is 0 Å². The third-order valence-corrected chi connectivity index (χ3v) is 2.13. The molecule has 0 aromatic heterocycles. The highest BCUT2D eigenvalue weighted by Crippen LogP contribution is 2.21. The number of rotatable bonds is 4. The van der Waals surface area contributed by atoms with E-state index in [9.17, 15) is 14.9 Å². The Bertz CT molecular complexity index is 507. The molecule has 0 aliphatic carbocycles. The van der Waals surface area contributed by atoms with Crippen molar-refractivity contribution in [2.24, 2.45) is 5.73 Å². The van der Waals surface area contributed by atoms with Gasteiger partial charge in [0.1, 0.15) is 12.1 Å². The van der Waals surface area contributed by atoms with Crippen LogP contribution >= 0.6 is 0 Å². The molecule has 0 aliphatic rings. The van der Waals surface area contributed by atoms with E-state index in [0.717, 1.165) is 6.07 Å². The summed E-state index contributed by atoms with van der Waals surface area (Å²) in [6.45, 7) is 1.53. The largest absolute Gasteiger partial charge is 0.373 e. The van der Waals surface area contributed by atoms with Gasteiger partial charge in [-0.15, -0.1) is 0 Å². The van der Waals surface area contributed by atoms with Crippen molar-refractivity contribution in [2.45, 2.75) is 13.0 Å². The fraction of sp³-hybridized carbons (Fsp3) is 0.200. The molecule has 1 aromatic rings. The standard InChI is InChI=1S/C10H10N4O3/c1-6(10(12)15)13-9-3-2-8(14(16)17)4-7(9)5-11/h2-4,6,13H,1H3,(H2,12,15). The van der Waals surface area contributed by atoms with E-state index in [1.54, 1.807) is 0 Å². The van der Waals surface area contributed by atoms with Gasteiger partial charge in [0.2, 0.25) is 5.91 Å². The van der Waals surface area contributed by atoms with Gasteiger partial charge in [-0.25, -0.2) is 0 Å². The van der Waals surface area contributed by atoms with Crippen LogP contribution in [0.25, 0.3) is 0 Å². The van der Waals surface area contributed by atoms with Crippen molar-refractivity contribution in [1.29, 1.82) is 5.26 Å². The third-order valence-electron chi connectivity index (χ3n) is 2.13. The number of carbonyl (C=O) groups is 1. The first-order chi connectivity index (χ1) is 7.95. The van der Waals surface area contributed by atoms with E-state index in [4.69, 9.17) is 11.0 Å². The Morgan fingerprint density at radius 2 is 2.29 bits per heavy atom. The van der Waals surface area contributed by atoms with Gasteiger partial charge in [0.25, 0.3) is 5.69 Å². The molecule has 0 bridgehead atoms. The van der Waals surface area contributed by atoms with E-state index >= 15 is 0 Å². The van der Waals surface area contributed by atoms with E-state index in [0.29, 0.717) is 5.69 Å². The molecule has 1 aromatic carbocycles. The number of nitro benzene ring substituents is 1. The number of nitriles is 1. The second kappa shape index (κ2) is 4.94. The minimum Gasteiger partial charge on any atom is -0.373 e. The molecule has 7 heteroatoms. The lowest BCUT2D eigenvalue weighted by atomic mass is 10.1. The molecule has 0 aliphatic heterocycles. The van der Waals surface area contributed by atoms with E-state index in [1.165, 1.54) is 19.1 Å². The normalized spacial score (nSPS) is 11.3. The molecule has 17 heavy (non-hydrogen) atoms. The summed E-state index contributed by atoms with van der Waals surface area (Å²) < 4.78 is 0. The molecule has 7 nitrogen and oxygen atoms in total. The SMILES string of the molecule is CC(Nc1ccc([N+](=O)[O-])cc1C#N)C(N)=O. The minimum absolute atomic E-state index is 0.0901. The lowest BCUT2D eigenvalue weighted by Gasteiger charge is -2.12. The summed E-state index contributed by atoms with van der Waals surface area (Å²) in [5.74, 6) is -0.577. The van der Waals surface area contributed by atoms with E-state index < -0.39 is 16.9 Å². The maximum Gasteiger partial charge on any atom is 0.270 e. The molecule has 0 spiro atoms. The molecule has 0 fully saturated rings. The number of amides is 1. The summed E-state index contributed by atoms with van der Waals surface area (Å²) in [4.78, 5) is 20.8. The Morgan fingerprint density at radius 1 is 1.65 bits per heavy atom. The van der Waals surface area contributed by atoms with Gasteiger partial charge in [-0.3, -0.25) is 14.9 Å². The summed E-state index contributed by atoms with van der Waals surface area (Å²) in [7, 11) is 0. The Labute approximate surface area is 97.0 Å². The van der Waals surface area contributed by atoms with Crippen molar-refractivity contribution in [3.05, 3.63) is 33.9 Å². The number of carbonyl (C=O) groups excluding carboxylic acids is 1. The molecule has 0 saturated carbocycles. The quantitative estimate of drug-likeness (QED) is 0.588. The summed E-state index contributed by atoms with van der Waals surface area (Å²) in [5.41, 5.74) is 5.31. The molecule has 1 rings (SSSR count). The van der Waals surface area contributed by atoms with Crippen LogP contribution in [0, 0.1) is 21.4 Å². The van der Waals surface area contributed by atoms with E-state index in [-0.39, 0.29) is 11.3 Å². The highest BCUT2D eigenvalue weighted by molar-refractivity contribution is 5.83. The Hall–Kier alpha value is -2.62. The molecular weight excluding hydrogens is 224 g/mol. The van der Waals surface area contributed by atoms with Gasteiger partial charge in [0.15, 0.2) is 0 Å². The van der Waals surface area contributed by atoms with Gasteiger partial charge in [-0.1, -0.05) is 0 Å². The summed E-state index contributed by atoms with van der Waals surface area (Å²) in [6.07, 6.45) is 0. The zero-order chi connectivity index (χ0) is 13.0. The molecule has 1 atom stereocenters. The highest BCUT2D eigenvalue weighted by Gasteiger charge is 2.14. The van der Waals surface area contributed by atoms with Crippen LogP contribution in [0.2, 0.25) is 0 Å². The van der Waals surface area contributed by atoms with Gasteiger partial charge >= 0.3 is 0 Å². The number of anilines is 1. The van der Waals surface area contributed by atoms with E-state index in [2.05, 4.69) is 5.32 Å². The lowest BCUT2D eigenvalue weighted by molar-refractivity contribution is -0.384. The number of benzene rings is 1. The summed E-state index contributed by atoms with van der Waals surface area (Å²) >= 11 is 0. The number of hydrogen-bond acceptors (Lipinski definition) is 5. The first-order valence-electron chi connectivity index (χ1n) is 4.70. The van der Waals surface area contributed by atoms with Crippen LogP contribution in [0.4, 0.5) is 11.4 Å². The summed E-state index contributed by atoms with van der Waals surface area (Å²) in [6, 6.07) is 4.91. The van der Waals surface area contributed by atoms with Crippen LogP contribution in [0.1, 0.15) is 12.5 Å². The monoisotopic (exact) mass is 234 g/mol. The average molecular weight is 234 g/mol. The van der Waals surface area contributed by atoms with Crippen molar-refractivity contribution in [3.8, 4) is 6.07 Å². The number of nitro groups is 1. The molecule has 0 radical (unpaired) electrons. The Morgan fingerprint density at radius 3 is 2.76 bits per heavy atom. The molecule has 88 valence electrons. The fourth-order valence-electron chi connectivity index (χ4n) is 1.17. The van der Waals surface area contributed by atoms with Crippen molar-refractivity contribution in [1.82, 2.24) is 0 Å². The van der Waals surface area contributed by atoms with Crippen LogP contribution < -0.4 is 11.1 Å². The molecule has 0 heterocycles. The maximum absolute atomic E-state index is 10.8. The van der Waals surface area contributed by atoms with Crippen molar-refractivity contribution in [2.75, 3.05) is 5.32 Å². The predicted octanol–water partition coefficient (Wildman–Crippen LogP) is 0.752. The second-order valence-corrected chi connectivity index (χ2v) is 3.37. The maximum atomic E-state index is 10.8. The lowest BCUT2D eigenvalue weighted by Crippen LogP contribution is -2.32. The molecule has 0 saturated heterocycles. The van der Waals surface area contributed by atoms with Crippen LogP contribution in [-0.4, -0.2) is 16.9 Å². The van der Waals surface area contributed by atoms with Crippen molar-refractivity contribution >= 4 is 17.3 Å². The topological polar surface area (TPSA) is 122 Å². The first-order valence-corrected chi connectivity index (χ1v) is 4.70. The van der Waals surface area contributed by atoms with Crippen molar-refractivity contribution in [3.63, 3.8) is 0 Å². The number of primary amides is 1. The number of nitrogens with two attached hydrogens (primary N) is 1. The average Bonchev–Trinajstić information content (AvgIpc) is 2.28. The van der Waals surface area contributed by atoms with Gasteiger partial charge in [0, 0.05) is 12.1 Å². The van der Waals surface area contributed by atoms with E-state index in [1.807, 2.05) is 6.07 Å². The first kappa shape index (κ1) is 12.4. The highest BCUT2D eigenvalue weighted by atomic mass is 16.6. The number of non-ortho nitro benzene ring substituents is 1. The van der Waals surface area contributed by atoms with Gasteiger partial charge in [-0.05, 0) is 13.0 Å². The van der Waals surface area contributed by atoms with Gasteiger partial charge < -0.3 is 11.1 Å². The van der Waals surface area contributed by atoms with Gasteiger partial charge in [-0.2, -0.15) is 5.26 Å². The Balaban J connectivity index is 3.06. The Kier molecular flexibility index (Phi) is 3.62. The fourth-order valence-corrected chi connectivity index (χ4v) is 1.17. The number of nitrogens with one attached hydrogen (secondary N) is 1. The number of nitrogens with zero attached hydrogens (tertiary/aromatic N) is 2. The second-order valence-electron chi connectivity index (χ2n) is 3.37. The number of hydrogen-bond donors (Lipinski definition) is 2. The van der Waals surface area contributed by atoms with Crippen LogP contribution in [0.3, 0.4) is 0 Å². The van der Waals surface area contributed by atoms with Crippen molar-refractivity contribution < 1.29 is 9.72 Å². The third kappa shape index (κ3) is 2.92. The minimum atomic E-state index is -0.663. The zero-order valence-electron chi connectivity index (χ0n) is 9.01.